The van der Waals surface area contributed by atoms with Gasteiger partial charge >= 0.3 is 0 Å². The number of benzene rings is 1. The summed E-state index contributed by atoms with van der Waals surface area (Å²) in [4.78, 5) is 12.2. The van der Waals surface area contributed by atoms with Crippen molar-refractivity contribution < 1.29 is 4.79 Å². The van der Waals surface area contributed by atoms with Crippen molar-refractivity contribution in [2.75, 3.05) is 18.5 Å². The minimum absolute atomic E-state index is 0.798. The Morgan fingerprint density at radius 3 is 2.38 bits per heavy atom. The molecule has 16 heavy (non-hydrogen) atoms. The molecule has 0 spiro atoms. The fourth-order valence-electron chi connectivity index (χ4n) is 1.48. The molecule has 0 aliphatic rings. The SMILES string of the molecule is CCN(CC)Cc1ccc(NN=C=O)cc1. The average molecular weight is 219 g/mol. The minimum atomic E-state index is 0.798. The van der Waals surface area contributed by atoms with E-state index in [1.165, 1.54) is 11.6 Å². The Hall–Kier alpha value is -1.64. The second kappa shape index (κ2) is 6.77. The van der Waals surface area contributed by atoms with Gasteiger partial charge in [-0.3, -0.25) is 10.3 Å². The van der Waals surface area contributed by atoms with E-state index >= 15 is 0 Å². The summed E-state index contributed by atoms with van der Waals surface area (Å²) in [5.74, 6) is 0. The number of nitrogens with one attached hydrogen (secondary N) is 1. The second-order valence-electron chi connectivity index (χ2n) is 3.47. The van der Waals surface area contributed by atoms with Crippen molar-refractivity contribution in [1.29, 1.82) is 0 Å². The van der Waals surface area contributed by atoms with Gasteiger partial charge in [-0.2, -0.15) is 0 Å². The molecule has 1 aromatic rings. The third-order valence-electron chi connectivity index (χ3n) is 2.49. The molecule has 0 aliphatic heterocycles. The molecule has 1 aromatic carbocycles. The normalized spacial score (nSPS) is 9.94. The summed E-state index contributed by atoms with van der Waals surface area (Å²) in [5, 5.41) is 3.30. The Kier molecular flexibility index (Phi) is 5.26. The predicted octanol–water partition coefficient (Wildman–Crippen LogP) is 2.19. The Morgan fingerprint density at radius 2 is 1.88 bits per heavy atom. The van der Waals surface area contributed by atoms with Crippen LogP contribution in [0, 0.1) is 0 Å². The van der Waals surface area contributed by atoms with Crippen molar-refractivity contribution >= 4 is 11.8 Å². The van der Waals surface area contributed by atoms with Gasteiger partial charge in [-0.25, -0.2) is 4.79 Å². The van der Waals surface area contributed by atoms with E-state index in [9.17, 15) is 4.79 Å². The molecule has 0 aliphatic carbocycles. The van der Waals surface area contributed by atoms with Crippen molar-refractivity contribution in [2.45, 2.75) is 20.4 Å². The summed E-state index contributed by atoms with van der Waals surface area (Å²) in [6, 6.07) is 7.86. The van der Waals surface area contributed by atoms with Crippen molar-refractivity contribution in [3.8, 4) is 0 Å². The van der Waals surface area contributed by atoms with Crippen LogP contribution in [0.5, 0.6) is 0 Å². The summed E-state index contributed by atoms with van der Waals surface area (Å²) < 4.78 is 0. The molecule has 0 saturated carbocycles. The zero-order chi connectivity index (χ0) is 11.8. The van der Waals surface area contributed by atoms with E-state index < -0.39 is 0 Å². The highest BCUT2D eigenvalue weighted by atomic mass is 16.1. The minimum Gasteiger partial charge on any atom is -0.300 e. The molecule has 4 nitrogen and oxygen atoms in total. The van der Waals surface area contributed by atoms with E-state index in [0.717, 1.165) is 25.3 Å². The Labute approximate surface area is 96.0 Å². The van der Waals surface area contributed by atoms with Crippen molar-refractivity contribution in [3.63, 3.8) is 0 Å². The smallest absolute Gasteiger partial charge is 0.258 e. The van der Waals surface area contributed by atoms with Gasteiger partial charge in [-0.05, 0) is 30.8 Å². The van der Waals surface area contributed by atoms with Crippen LogP contribution in [-0.2, 0) is 11.3 Å². The molecule has 0 unspecified atom stereocenters. The molecular formula is C12H17N3O. The molecule has 0 fully saturated rings. The first-order chi connectivity index (χ1) is 7.80. The number of anilines is 1. The maximum absolute atomic E-state index is 9.91. The summed E-state index contributed by atoms with van der Waals surface area (Å²) in [5.41, 5.74) is 4.64. The van der Waals surface area contributed by atoms with E-state index in [1.54, 1.807) is 0 Å². The summed E-state index contributed by atoms with van der Waals surface area (Å²) >= 11 is 0. The van der Waals surface area contributed by atoms with Crippen LogP contribution >= 0.6 is 0 Å². The van der Waals surface area contributed by atoms with Crippen LogP contribution in [0.3, 0.4) is 0 Å². The van der Waals surface area contributed by atoms with Crippen LogP contribution in [-0.4, -0.2) is 24.1 Å². The van der Waals surface area contributed by atoms with Gasteiger partial charge in [-0.1, -0.05) is 31.1 Å². The summed E-state index contributed by atoms with van der Waals surface area (Å²) in [6.07, 6.45) is 1.44. The monoisotopic (exact) mass is 219 g/mol. The Morgan fingerprint density at radius 1 is 1.25 bits per heavy atom. The first-order valence-corrected chi connectivity index (χ1v) is 5.44. The van der Waals surface area contributed by atoms with Crippen LogP contribution in [0.4, 0.5) is 5.69 Å². The lowest BCUT2D eigenvalue weighted by Gasteiger charge is -2.17. The fraction of sp³-hybridized carbons (Fsp3) is 0.417. The van der Waals surface area contributed by atoms with E-state index in [0.29, 0.717) is 0 Å². The number of rotatable bonds is 6. The van der Waals surface area contributed by atoms with Gasteiger partial charge in [0.2, 0.25) is 0 Å². The number of hydrogen-bond donors (Lipinski definition) is 1. The van der Waals surface area contributed by atoms with Gasteiger partial charge in [0.1, 0.15) is 0 Å². The summed E-state index contributed by atoms with van der Waals surface area (Å²) in [6.45, 7) is 7.35. The van der Waals surface area contributed by atoms with Crippen molar-refractivity contribution in [1.82, 2.24) is 4.90 Å². The molecule has 1 rings (SSSR count). The lowest BCUT2D eigenvalue weighted by Crippen LogP contribution is -2.21. The number of isocyanates is 1. The van der Waals surface area contributed by atoms with E-state index in [-0.39, 0.29) is 0 Å². The van der Waals surface area contributed by atoms with Gasteiger partial charge < -0.3 is 0 Å². The molecule has 1 N–H and O–H groups in total. The third kappa shape index (κ3) is 3.85. The fourth-order valence-corrected chi connectivity index (χ4v) is 1.48. The largest absolute Gasteiger partial charge is 0.300 e. The van der Waals surface area contributed by atoms with Crippen LogP contribution in [0.15, 0.2) is 29.4 Å². The van der Waals surface area contributed by atoms with Crippen LogP contribution in [0.1, 0.15) is 19.4 Å². The van der Waals surface area contributed by atoms with E-state index in [1.807, 2.05) is 24.3 Å². The van der Waals surface area contributed by atoms with Gasteiger partial charge in [0, 0.05) is 6.54 Å². The quantitative estimate of drug-likeness (QED) is 0.453. The highest BCUT2D eigenvalue weighted by Gasteiger charge is 2.00. The first kappa shape index (κ1) is 12.4. The topological polar surface area (TPSA) is 44.7 Å². The van der Waals surface area contributed by atoms with Crippen LogP contribution < -0.4 is 5.43 Å². The van der Waals surface area contributed by atoms with E-state index in [2.05, 4.69) is 29.3 Å². The highest BCUT2D eigenvalue weighted by Crippen LogP contribution is 2.11. The third-order valence-corrected chi connectivity index (χ3v) is 2.49. The molecule has 4 heteroatoms. The van der Waals surface area contributed by atoms with Crippen molar-refractivity contribution in [2.24, 2.45) is 5.10 Å². The van der Waals surface area contributed by atoms with Crippen molar-refractivity contribution in [3.05, 3.63) is 29.8 Å². The lowest BCUT2D eigenvalue weighted by atomic mass is 10.2. The standard InChI is InChI=1S/C12H17N3O/c1-3-15(4-2)9-11-5-7-12(8-6-11)14-13-10-16/h5-8,14H,3-4,9H2,1-2H3. The molecule has 0 radical (unpaired) electrons. The average Bonchev–Trinajstić information content (AvgIpc) is 2.35. The van der Waals surface area contributed by atoms with Gasteiger partial charge in [0.15, 0.2) is 0 Å². The zero-order valence-corrected chi connectivity index (χ0v) is 9.73. The number of hydrogen-bond acceptors (Lipinski definition) is 4. The molecule has 0 saturated heterocycles. The molecule has 0 atom stereocenters. The van der Waals surface area contributed by atoms with Gasteiger partial charge in [0.25, 0.3) is 6.08 Å². The van der Waals surface area contributed by atoms with Crippen LogP contribution in [0.25, 0.3) is 0 Å². The Balaban J connectivity index is 2.60. The highest BCUT2D eigenvalue weighted by molar-refractivity contribution is 5.46. The molecule has 86 valence electrons. The lowest BCUT2D eigenvalue weighted by molar-refractivity contribution is 0.296. The maximum Gasteiger partial charge on any atom is 0.258 e. The van der Waals surface area contributed by atoms with Gasteiger partial charge in [0.05, 0.1) is 5.69 Å². The first-order valence-electron chi connectivity index (χ1n) is 5.44. The molecule has 0 heterocycles. The van der Waals surface area contributed by atoms with E-state index in [4.69, 9.17) is 0 Å². The predicted molar refractivity (Wildman–Crippen MR) is 64.8 cm³/mol. The number of hydrazone groups is 1. The maximum atomic E-state index is 9.91. The van der Waals surface area contributed by atoms with Gasteiger partial charge in [-0.15, -0.1) is 0 Å². The van der Waals surface area contributed by atoms with Crippen LogP contribution in [0.2, 0.25) is 0 Å². The second-order valence-corrected chi connectivity index (χ2v) is 3.47. The molecule has 0 bridgehead atoms. The Bertz CT molecular complexity index is 351. The number of nitrogens with zero attached hydrogens (tertiary/aromatic N) is 2. The zero-order valence-electron chi connectivity index (χ0n) is 9.73. The summed E-state index contributed by atoms with van der Waals surface area (Å²) in [7, 11) is 0. The molecule has 0 aromatic heterocycles. The molecular weight excluding hydrogens is 202 g/mol. The number of carbonyl (C=O) groups excluding carboxylic acids is 1. The molecule has 0 amide bonds.